The maximum atomic E-state index is 12.3. The van der Waals surface area contributed by atoms with Crippen molar-refractivity contribution in [2.24, 2.45) is 4.99 Å². The van der Waals surface area contributed by atoms with E-state index in [-0.39, 0.29) is 10.6 Å². The number of benzene rings is 2. The van der Waals surface area contributed by atoms with Crippen LogP contribution in [0.3, 0.4) is 0 Å². The molecule has 0 aliphatic rings. The molecule has 0 atom stereocenters. The van der Waals surface area contributed by atoms with Gasteiger partial charge in [0.25, 0.3) is 11.6 Å². The van der Waals surface area contributed by atoms with E-state index in [1.807, 2.05) is 0 Å². The molecule has 3 rings (SSSR count). The minimum absolute atomic E-state index is 0.0348. The number of hydrogen-bond acceptors (Lipinski definition) is 6. The van der Waals surface area contributed by atoms with E-state index in [2.05, 4.69) is 11.6 Å². The quantitative estimate of drug-likeness (QED) is 0.251. The van der Waals surface area contributed by atoms with Gasteiger partial charge in [-0.2, -0.15) is 4.99 Å². The van der Waals surface area contributed by atoms with Gasteiger partial charge >= 0.3 is 0 Å². The number of allylic oxidation sites excluding steroid dienone is 1. The summed E-state index contributed by atoms with van der Waals surface area (Å²) in [7, 11) is -3.35. The van der Waals surface area contributed by atoms with Crippen molar-refractivity contribution in [3.8, 4) is 0 Å². The van der Waals surface area contributed by atoms with Gasteiger partial charge in [-0.3, -0.25) is 14.9 Å². The van der Waals surface area contributed by atoms with Gasteiger partial charge in [-0.25, -0.2) is 8.42 Å². The number of nitro groups is 1. The van der Waals surface area contributed by atoms with Crippen LogP contribution >= 0.6 is 11.3 Å². The van der Waals surface area contributed by atoms with Crippen LogP contribution in [0.5, 0.6) is 0 Å². The summed E-state index contributed by atoms with van der Waals surface area (Å²) in [6, 6.07) is 10.5. The molecule has 0 saturated heterocycles. The minimum Gasteiger partial charge on any atom is -0.312 e. The number of carbonyl (C=O) groups is 1. The number of amides is 1. The third-order valence-corrected chi connectivity index (χ3v) is 6.27. The van der Waals surface area contributed by atoms with Gasteiger partial charge in [0.2, 0.25) is 0 Å². The average molecular weight is 444 g/mol. The van der Waals surface area contributed by atoms with Crippen molar-refractivity contribution in [2.45, 2.75) is 11.4 Å². The van der Waals surface area contributed by atoms with Gasteiger partial charge in [0.15, 0.2) is 14.6 Å². The highest BCUT2D eigenvalue weighted by Gasteiger charge is 2.12. The molecular formula is C20H17N3O5S2. The van der Waals surface area contributed by atoms with Crippen molar-refractivity contribution in [1.29, 1.82) is 0 Å². The molecule has 1 amide bonds. The highest BCUT2D eigenvalue weighted by Crippen LogP contribution is 2.22. The molecule has 0 N–H and O–H groups in total. The van der Waals surface area contributed by atoms with Crippen LogP contribution in [-0.4, -0.2) is 30.1 Å². The highest BCUT2D eigenvalue weighted by atomic mass is 32.2. The van der Waals surface area contributed by atoms with Gasteiger partial charge in [0.05, 0.1) is 20.0 Å². The Kier molecular flexibility index (Phi) is 6.09. The second-order valence-electron chi connectivity index (χ2n) is 6.32. The van der Waals surface area contributed by atoms with E-state index in [4.69, 9.17) is 0 Å². The lowest BCUT2D eigenvalue weighted by Crippen LogP contribution is -2.15. The van der Waals surface area contributed by atoms with Gasteiger partial charge in [-0.05, 0) is 42.0 Å². The van der Waals surface area contributed by atoms with Gasteiger partial charge in [0.1, 0.15) is 0 Å². The topological polar surface area (TPSA) is 112 Å². The number of sulfone groups is 1. The lowest BCUT2D eigenvalue weighted by molar-refractivity contribution is -0.384. The smallest absolute Gasteiger partial charge is 0.272 e. The molecule has 0 bridgehead atoms. The van der Waals surface area contributed by atoms with E-state index in [0.29, 0.717) is 21.6 Å². The van der Waals surface area contributed by atoms with E-state index in [1.165, 1.54) is 53.8 Å². The predicted octanol–water partition coefficient (Wildman–Crippen LogP) is 3.34. The van der Waals surface area contributed by atoms with Crippen molar-refractivity contribution >= 4 is 49.1 Å². The maximum Gasteiger partial charge on any atom is 0.272 e. The van der Waals surface area contributed by atoms with Crippen LogP contribution in [0.4, 0.5) is 5.69 Å². The van der Waals surface area contributed by atoms with Gasteiger partial charge in [-0.1, -0.05) is 17.4 Å². The Hall–Kier alpha value is -3.37. The number of rotatable bonds is 6. The van der Waals surface area contributed by atoms with E-state index in [1.54, 1.807) is 22.8 Å². The highest BCUT2D eigenvalue weighted by molar-refractivity contribution is 7.90. The molecule has 1 aromatic heterocycles. The molecule has 0 radical (unpaired) electrons. The Bertz CT molecular complexity index is 1350. The maximum absolute atomic E-state index is 12.3. The van der Waals surface area contributed by atoms with Crippen LogP contribution in [0.2, 0.25) is 0 Å². The number of thiazole rings is 1. The Balaban J connectivity index is 1.97. The van der Waals surface area contributed by atoms with Crippen LogP contribution in [0.1, 0.15) is 5.56 Å². The largest absolute Gasteiger partial charge is 0.312 e. The summed E-state index contributed by atoms with van der Waals surface area (Å²) in [5, 5.41) is 10.7. The third-order valence-electron chi connectivity index (χ3n) is 4.12. The minimum atomic E-state index is -3.35. The van der Waals surface area contributed by atoms with E-state index >= 15 is 0 Å². The van der Waals surface area contributed by atoms with Gasteiger partial charge in [0, 0.05) is 31.0 Å². The molecule has 0 spiro atoms. The number of fused-ring (bicyclic) bond motifs is 1. The number of carbonyl (C=O) groups excluding carboxylic acids is 1. The summed E-state index contributed by atoms with van der Waals surface area (Å²) in [6.45, 7) is 4.11. The molecule has 0 unspecified atom stereocenters. The first-order valence-electron chi connectivity index (χ1n) is 8.64. The van der Waals surface area contributed by atoms with Crippen molar-refractivity contribution < 1.29 is 18.1 Å². The van der Waals surface area contributed by atoms with Gasteiger partial charge < -0.3 is 4.57 Å². The molecule has 0 saturated carbocycles. The summed E-state index contributed by atoms with van der Waals surface area (Å²) in [5.41, 5.74) is 1.34. The normalized spacial score (nSPS) is 12.5. The fourth-order valence-corrected chi connectivity index (χ4v) is 4.49. The predicted molar refractivity (Wildman–Crippen MR) is 116 cm³/mol. The van der Waals surface area contributed by atoms with Crippen molar-refractivity contribution in [3.05, 3.63) is 81.7 Å². The molecule has 154 valence electrons. The Morgan fingerprint density at radius 3 is 2.57 bits per heavy atom. The SMILES string of the molecule is C=CCn1c(=NC(=O)C=Cc2ccc([N+](=O)[O-])cc2)sc2cc(S(C)(=O)=O)ccc21. The molecule has 0 aliphatic carbocycles. The second-order valence-corrected chi connectivity index (χ2v) is 9.34. The number of non-ortho nitro benzene ring substituents is 1. The van der Waals surface area contributed by atoms with E-state index < -0.39 is 20.7 Å². The number of aromatic nitrogens is 1. The monoisotopic (exact) mass is 443 g/mol. The Morgan fingerprint density at radius 2 is 1.97 bits per heavy atom. The van der Waals surface area contributed by atoms with Crippen LogP contribution in [0.15, 0.2) is 71.1 Å². The number of nitrogens with zero attached hydrogens (tertiary/aromatic N) is 3. The first-order chi connectivity index (χ1) is 14.2. The molecule has 0 aliphatic heterocycles. The zero-order valence-electron chi connectivity index (χ0n) is 15.9. The zero-order valence-corrected chi connectivity index (χ0v) is 17.5. The molecule has 0 fully saturated rings. The fourth-order valence-electron chi connectivity index (χ4n) is 2.68. The molecule has 8 nitrogen and oxygen atoms in total. The Labute approximate surface area is 176 Å². The van der Waals surface area contributed by atoms with Crippen molar-refractivity contribution in [2.75, 3.05) is 6.26 Å². The molecule has 2 aromatic carbocycles. The first kappa shape index (κ1) is 21.3. The van der Waals surface area contributed by atoms with Crippen molar-refractivity contribution in [3.63, 3.8) is 0 Å². The molecule has 1 heterocycles. The summed E-state index contributed by atoms with van der Waals surface area (Å²) in [5.74, 6) is -0.513. The van der Waals surface area contributed by atoms with Crippen LogP contribution in [0.25, 0.3) is 16.3 Å². The third kappa shape index (κ3) is 4.78. The number of hydrogen-bond donors (Lipinski definition) is 0. The summed E-state index contributed by atoms with van der Waals surface area (Å²) < 4.78 is 26.1. The summed E-state index contributed by atoms with van der Waals surface area (Å²) in [4.78, 5) is 27.2. The van der Waals surface area contributed by atoms with Gasteiger partial charge in [-0.15, -0.1) is 6.58 Å². The average Bonchev–Trinajstić information content (AvgIpc) is 3.02. The lowest BCUT2D eigenvalue weighted by Gasteiger charge is -2.02. The standard InChI is InChI=1S/C20H17N3O5S2/c1-3-12-22-17-10-9-16(30(2,27)28)13-18(17)29-20(22)21-19(24)11-6-14-4-7-15(8-5-14)23(25)26/h3-11,13H,1,12H2,2H3. The van der Waals surface area contributed by atoms with Crippen molar-refractivity contribution in [1.82, 2.24) is 4.57 Å². The Morgan fingerprint density at radius 1 is 1.27 bits per heavy atom. The number of nitro benzene ring substituents is 1. The molecular weight excluding hydrogens is 426 g/mol. The molecule has 3 aromatic rings. The fraction of sp³-hybridized carbons (Fsp3) is 0.100. The van der Waals surface area contributed by atoms with Crippen LogP contribution < -0.4 is 4.80 Å². The van der Waals surface area contributed by atoms with E-state index in [9.17, 15) is 23.3 Å². The second kappa shape index (κ2) is 8.56. The summed E-state index contributed by atoms with van der Waals surface area (Å²) >= 11 is 1.20. The first-order valence-corrected chi connectivity index (χ1v) is 11.4. The van der Waals surface area contributed by atoms with Crippen LogP contribution in [0, 0.1) is 10.1 Å². The van der Waals surface area contributed by atoms with Crippen LogP contribution in [-0.2, 0) is 21.2 Å². The molecule has 30 heavy (non-hydrogen) atoms. The molecule has 10 heteroatoms. The zero-order chi connectivity index (χ0) is 21.9. The summed E-state index contributed by atoms with van der Waals surface area (Å²) in [6.07, 6.45) is 5.58. The van der Waals surface area contributed by atoms with E-state index in [0.717, 1.165) is 11.8 Å². The lowest BCUT2D eigenvalue weighted by atomic mass is 10.2.